The van der Waals surface area contributed by atoms with E-state index in [2.05, 4.69) is 0 Å². The van der Waals surface area contributed by atoms with Crippen LogP contribution in [0.2, 0.25) is 0 Å². The van der Waals surface area contributed by atoms with Crippen LogP contribution < -0.4 is 0 Å². The summed E-state index contributed by atoms with van der Waals surface area (Å²) < 4.78 is 5.35. The van der Waals surface area contributed by atoms with Gasteiger partial charge in [0.25, 0.3) is 0 Å². The number of hydrogen-bond donors (Lipinski definition) is 2. The van der Waals surface area contributed by atoms with Crippen LogP contribution in [0.3, 0.4) is 0 Å². The zero-order valence-corrected chi connectivity index (χ0v) is 7.19. The van der Waals surface area contributed by atoms with Crippen molar-refractivity contribution in [2.45, 2.75) is 45.2 Å². The smallest absolute Gasteiger partial charge is 0.109 e. The summed E-state index contributed by atoms with van der Waals surface area (Å²) in [5.41, 5.74) is 0. The lowest BCUT2D eigenvalue weighted by molar-refractivity contribution is -0.0115. The van der Waals surface area contributed by atoms with Crippen LogP contribution in [0.1, 0.15) is 20.8 Å². The largest absolute Gasteiger partial charge is 0.388 e. The molecule has 0 bridgehead atoms. The minimum absolute atomic E-state index is 0.208. The fourth-order valence-corrected chi connectivity index (χ4v) is 1.43. The first-order valence-electron chi connectivity index (χ1n) is 4.05. The fourth-order valence-electron chi connectivity index (χ4n) is 1.43. The molecule has 2 N–H and O–H groups in total. The second-order valence-corrected chi connectivity index (χ2v) is 3.53. The number of ether oxygens (including phenoxy) is 1. The van der Waals surface area contributed by atoms with Crippen LogP contribution in [-0.4, -0.2) is 34.6 Å². The van der Waals surface area contributed by atoms with Crippen LogP contribution in [0.25, 0.3) is 0 Å². The van der Waals surface area contributed by atoms with Gasteiger partial charge in [0.05, 0.1) is 12.2 Å². The standard InChI is InChI=1S/C8H16O3/c1-4(2)8-7(10)6(9)5(3)11-8/h4-10H,1-3H3/t5?,6-,7?,8?/m1/s1. The quantitative estimate of drug-likeness (QED) is 0.574. The summed E-state index contributed by atoms with van der Waals surface area (Å²) >= 11 is 0. The third-order valence-electron chi connectivity index (χ3n) is 2.20. The summed E-state index contributed by atoms with van der Waals surface area (Å²) in [6.45, 7) is 5.72. The molecule has 0 aliphatic carbocycles. The Balaban J connectivity index is 2.59. The van der Waals surface area contributed by atoms with Crippen molar-refractivity contribution in [1.29, 1.82) is 0 Å². The molecule has 0 saturated carbocycles. The van der Waals surface area contributed by atoms with Gasteiger partial charge in [-0.15, -0.1) is 0 Å². The maximum Gasteiger partial charge on any atom is 0.109 e. The highest BCUT2D eigenvalue weighted by Gasteiger charge is 2.41. The van der Waals surface area contributed by atoms with Gasteiger partial charge < -0.3 is 14.9 Å². The molecular weight excluding hydrogens is 144 g/mol. The summed E-state index contributed by atoms with van der Waals surface area (Å²) in [7, 11) is 0. The van der Waals surface area contributed by atoms with Gasteiger partial charge in [-0.25, -0.2) is 0 Å². The molecule has 1 saturated heterocycles. The van der Waals surface area contributed by atoms with E-state index in [1.807, 2.05) is 13.8 Å². The monoisotopic (exact) mass is 160 g/mol. The second kappa shape index (κ2) is 3.09. The molecule has 3 heteroatoms. The van der Waals surface area contributed by atoms with Gasteiger partial charge >= 0.3 is 0 Å². The van der Waals surface area contributed by atoms with Crippen molar-refractivity contribution in [2.75, 3.05) is 0 Å². The molecule has 66 valence electrons. The molecule has 1 rings (SSSR count). The average Bonchev–Trinajstić information content (AvgIpc) is 2.17. The maximum atomic E-state index is 9.42. The second-order valence-electron chi connectivity index (χ2n) is 3.53. The Kier molecular flexibility index (Phi) is 2.52. The van der Waals surface area contributed by atoms with Crippen molar-refractivity contribution in [3.05, 3.63) is 0 Å². The van der Waals surface area contributed by atoms with E-state index >= 15 is 0 Å². The zero-order chi connectivity index (χ0) is 8.59. The Bertz CT molecular complexity index is 135. The highest BCUT2D eigenvalue weighted by molar-refractivity contribution is 4.89. The fraction of sp³-hybridized carbons (Fsp3) is 1.00. The first kappa shape index (κ1) is 8.97. The Morgan fingerprint density at radius 2 is 1.73 bits per heavy atom. The molecule has 1 heterocycles. The van der Waals surface area contributed by atoms with Gasteiger partial charge in [-0.05, 0) is 12.8 Å². The van der Waals surface area contributed by atoms with Crippen LogP contribution in [0.4, 0.5) is 0 Å². The van der Waals surface area contributed by atoms with E-state index in [9.17, 15) is 10.2 Å². The molecular formula is C8H16O3. The molecule has 0 spiro atoms. The minimum Gasteiger partial charge on any atom is -0.388 e. The van der Waals surface area contributed by atoms with Gasteiger partial charge in [-0.1, -0.05) is 13.8 Å². The van der Waals surface area contributed by atoms with Crippen molar-refractivity contribution < 1.29 is 14.9 Å². The Morgan fingerprint density at radius 3 is 1.91 bits per heavy atom. The summed E-state index contributed by atoms with van der Waals surface area (Å²) in [5.74, 6) is 0.254. The topological polar surface area (TPSA) is 49.7 Å². The SMILES string of the molecule is CC(C)C1OC(C)[C@@H](O)C1O. The molecule has 0 radical (unpaired) electrons. The molecule has 0 aromatic heterocycles. The molecule has 1 fully saturated rings. The predicted octanol–water partition coefficient (Wildman–Crippen LogP) is 0.152. The normalized spacial score (nSPS) is 45.3. The van der Waals surface area contributed by atoms with Crippen molar-refractivity contribution in [1.82, 2.24) is 0 Å². The lowest BCUT2D eigenvalue weighted by atomic mass is 10.00. The van der Waals surface area contributed by atoms with Crippen LogP contribution in [0.5, 0.6) is 0 Å². The van der Waals surface area contributed by atoms with E-state index in [1.54, 1.807) is 6.92 Å². The Hall–Kier alpha value is -0.120. The molecule has 11 heavy (non-hydrogen) atoms. The predicted molar refractivity (Wildman–Crippen MR) is 41.2 cm³/mol. The highest BCUT2D eigenvalue weighted by atomic mass is 16.5. The Morgan fingerprint density at radius 1 is 1.18 bits per heavy atom. The summed E-state index contributed by atoms with van der Waals surface area (Å²) in [6, 6.07) is 0. The van der Waals surface area contributed by atoms with Crippen molar-refractivity contribution in [3.8, 4) is 0 Å². The molecule has 1 aliphatic heterocycles. The van der Waals surface area contributed by atoms with E-state index in [0.29, 0.717) is 0 Å². The summed E-state index contributed by atoms with van der Waals surface area (Å²) in [4.78, 5) is 0. The molecule has 0 aromatic carbocycles. The van der Waals surface area contributed by atoms with E-state index in [4.69, 9.17) is 4.74 Å². The molecule has 0 amide bonds. The van der Waals surface area contributed by atoms with E-state index in [-0.39, 0.29) is 18.1 Å². The van der Waals surface area contributed by atoms with Crippen molar-refractivity contribution in [2.24, 2.45) is 5.92 Å². The third-order valence-corrected chi connectivity index (χ3v) is 2.20. The number of rotatable bonds is 1. The van der Waals surface area contributed by atoms with Crippen LogP contribution in [0.15, 0.2) is 0 Å². The van der Waals surface area contributed by atoms with Gasteiger partial charge in [0.15, 0.2) is 0 Å². The van der Waals surface area contributed by atoms with Crippen molar-refractivity contribution >= 4 is 0 Å². The molecule has 4 atom stereocenters. The lowest BCUT2D eigenvalue weighted by Crippen LogP contribution is -2.33. The molecule has 3 unspecified atom stereocenters. The first-order chi connectivity index (χ1) is 5.04. The molecule has 0 aromatic rings. The number of aliphatic hydroxyl groups excluding tert-OH is 2. The number of hydrogen-bond acceptors (Lipinski definition) is 3. The number of aliphatic hydroxyl groups is 2. The van der Waals surface area contributed by atoms with Crippen LogP contribution >= 0.6 is 0 Å². The lowest BCUT2D eigenvalue weighted by Gasteiger charge is -2.17. The van der Waals surface area contributed by atoms with Gasteiger partial charge in [-0.2, -0.15) is 0 Å². The van der Waals surface area contributed by atoms with Crippen LogP contribution in [0, 0.1) is 5.92 Å². The maximum absolute atomic E-state index is 9.42. The minimum atomic E-state index is -0.720. The van der Waals surface area contributed by atoms with Crippen molar-refractivity contribution in [3.63, 3.8) is 0 Å². The van der Waals surface area contributed by atoms with Crippen LogP contribution in [-0.2, 0) is 4.74 Å². The van der Waals surface area contributed by atoms with Gasteiger partial charge in [0.1, 0.15) is 12.2 Å². The summed E-state index contributed by atoms with van der Waals surface area (Å²) in [6.07, 6.45) is -1.88. The third kappa shape index (κ3) is 1.55. The van der Waals surface area contributed by atoms with E-state index in [0.717, 1.165) is 0 Å². The van der Waals surface area contributed by atoms with Gasteiger partial charge in [0, 0.05) is 0 Å². The summed E-state index contributed by atoms with van der Waals surface area (Å²) in [5, 5.41) is 18.7. The molecule has 3 nitrogen and oxygen atoms in total. The first-order valence-corrected chi connectivity index (χ1v) is 4.05. The Labute approximate surface area is 67.0 Å². The van der Waals surface area contributed by atoms with Gasteiger partial charge in [-0.3, -0.25) is 0 Å². The molecule has 1 aliphatic rings. The van der Waals surface area contributed by atoms with Gasteiger partial charge in [0.2, 0.25) is 0 Å². The highest BCUT2D eigenvalue weighted by Crippen LogP contribution is 2.25. The average molecular weight is 160 g/mol. The van der Waals surface area contributed by atoms with E-state index in [1.165, 1.54) is 0 Å². The van der Waals surface area contributed by atoms with E-state index < -0.39 is 12.2 Å². The zero-order valence-electron chi connectivity index (χ0n) is 7.19.